The highest BCUT2D eigenvalue weighted by molar-refractivity contribution is 5.68. The van der Waals surface area contributed by atoms with Gasteiger partial charge in [-0.3, -0.25) is 0 Å². The van der Waals surface area contributed by atoms with Gasteiger partial charge in [-0.1, -0.05) is 65.5 Å². The third kappa shape index (κ3) is 8.89. The molecule has 0 aromatic heterocycles. The van der Waals surface area contributed by atoms with Gasteiger partial charge in [0.1, 0.15) is 6.10 Å². The smallest absolute Gasteiger partial charge is 0.410 e. The Balaban J connectivity index is 1.36. The second-order valence-corrected chi connectivity index (χ2v) is 18.5. The number of hydrogen-bond acceptors (Lipinski definition) is 4. The van der Waals surface area contributed by atoms with Gasteiger partial charge in [0, 0.05) is 30.6 Å². The normalized spacial score (nSPS) is 34.0. The van der Waals surface area contributed by atoms with Crippen LogP contribution in [0.15, 0.2) is 11.6 Å². The molecule has 4 aliphatic rings. The second kappa shape index (κ2) is 14.6. The molecule has 4 rings (SSSR count). The highest BCUT2D eigenvalue weighted by Gasteiger charge is 2.58. The number of nitrogens with zero attached hydrogens (tertiary/aromatic N) is 1. The number of fused-ring (bicyclic) bond motifs is 5. The molecule has 0 aromatic carbocycles. The number of carbonyl (C=O) groups is 1. The van der Waals surface area contributed by atoms with Gasteiger partial charge in [-0.25, -0.2) is 4.79 Å². The van der Waals surface area contributed by atoms with Crippen molar-refractivity contribution in [3.8, 4) is 0 Å². The van der Waals surface area contributed by atoms with E-state index in [4.69, 9.17) is 16.2 Å². The molecular weight excluding hydrogens is 554 g/mol. The van der Waals surface area contributed by atoms with E-state index in [0.717, 1.165) is 74.0 Å². The van der Waals surface area contributed by atoms with Gasteiger partial charge < -0.3 is 21.1 Å². The van der Waals surface area contributed by atoms with Crippen LogP contribution in [0.2, 0.25) is 0 Å². The Labute approximate surface area is 278 Å². The van der Waals surface area contributed by atoms with E-state index in [1.165, 1.54) is 57.8 Å². The first-order valence-electron chi connectivity index (χ1n) is 19.2. The zero-order chi connectivity index (χ0) is 33.2. The van der Waals surface area contributed by atoms with Crippen molar-refractivity contribution < 1.29 is 9.53 Å². The summed E-state index contributed by atoms with van der Waals surface area (Å²) in [7, 11) is 0. The third-order valence-electron chi connectivity index (χ3n) is 13.7. The number of nitrogens with two attached hydrogens (primary N) is 2. The molecule has 0 saturated heterocycles. The first-order valence-corrected chi connectivity index (χ1v) is 19.2. The monoisotopic (exact) mass is 628 g/mol. The topological polar surface area (TPSA) is 81.6 Å². The van der Waals surface area contributed by atoms with E-state index < -0.39 is 0 Å². The Bertz CT molecular complexity index is 1010. The summed E-state index contributed by atoms with van der Waals surface area (Å²) in [6, 6.07) is 0. The summed E-state index contributed by atoms with van der Waals surface area (Å²) >= 11 is 0. The summed E-state index contributed by atoms with van der Waals surface area (Å²) < 4.78 is 6.28. The Morgan fingerprint density at radius 3 is 2.33 bits per heavy atom. The number of ether oxygens (including phenoxy) is 1. The Morgan fingerprint density at radius 2 is 1.69 bits per heavy atom. The lowest BCUT2D eigenvalue weighted by Gasteiger charge is -2.58. The zero-order valence-electron chi connectivity index (χ0n) is 31.1. The van der Waals surface area contributed by atoms with Crippen molar-refractivity contribution in [3.05, 3.63) is 11.6 Å². The van der Waals surface area contributed by atoms with E-state index in [1.807, 2.05) is 32.6 Å². The molecular formula is C40H73N3O2. The molecule has 5 heteroatoms. The predicted octanol–water partition coefficient (Wildman–Crippen LogP) is 9.87. The van der Waals surface area contributed by atoms with E-state index >= 15 is 0 Å². The van der Waals surface area contributed by atoms with Crippen LogP contribution in [0.1, 0.15) is 159 Å². The van der Waals surface area contributed by atoms with Gasteiger partial charge in [-0.15, -0.1) is 0 Å². The van der Waals surface area contributed by atoms with Gasteiger partial charge in [-0.2, -0.15) is 0 Å². The summed E-state index contributed by atoms with van der Waals surface area (Å²) in [5.41, 5.74) is 14.4. The SMILES string of the molecule is CCC(CCCC1CCC2C3CC=C4CC(OC(=O)N(CCCC(C)(C)N)CCC(C)(C)N)CCC4(C)C3CCC12C)C(C)C. The van der Waals surface area contributed by atoms with Gasteiger partial charge in [0.2, 0.25) is 0 Å². The molecule has 0 heterocycles. The molecule has 3 saturated carbocycles. The van der Waals surface area contributed by atoms with Gasteiger partial charge >= 0.3 is 6.09 Å². The van der Waals surface area contributed by atoms with Gasteiger partial charge in [-0.05, 0) is 145 Å². The number of amides is 1. The number of rotatable bonds is 14. The average Bonchev–Trinajstić information content (AvgIpc) is 3.27. The molecule has 0 radical (unpaired) electrons. The van der Waals surface area contributed by atoms with Crippen LogP contribution >= 0.6 is 0 Å². The van der Waals surface area contributed by atoms with Crippen LogP contribution in [0, 0.1) is 46.3 Å². The lowest BCUT2D eigenvalue weighted by atomic mass is 9.47. The molecule has 1 amide bonds. The van der Waals surface area contributed by atoms with Crippen LogP contribution in [0.5, 0.6) is 0 Å². The van der Waals surface area contributed by atoms with Crippen LogP contribution in [0.3, 0.4) is 0 Å². The molecule has 4 N–H and O–H groups in total. The number of hydrogen-bond donors (Lipinski definition) is 2. The number of carbonyl (C=O) groups excluding carboxylic acids is 1. The molecule has 3 fully saturated rings. The predicted molar refractivity (Wildman–Crippen MR) is 190 cm³/mol. The van der Waals surface area contributed by atoms with E-state index in [-0.39, 0.29) is 28.7 Å². The van der Waals surface area contributed by atoms with Gasteiger partial charge in [0.15, 0.2) is 0 Å². The molecule has 8 atom stereocenters. The standard InChI is InChI=1S/C40H73N3O2/c1-10-29(28(2)3)13-11-14-30-16-18-34-33-17-15-31-27-32(19-22-40(31,9)35(33)20-23-39(30,34)8)45-36(44)43(26-24-38(6,7)42)25-12-21-37(4,5)41/h15,28-30,32-35H,10-14,16-27,41-42H2,1-9H3. The molecule has 4 aliphatic carbocycles. The third-order valence-corrected chi connectivity index (χ3v) is 13.7. The first-order chi connectivity index (χ1) is 21.0. The summed E-state index contributed by atoms with van der Waals surface area (Å²) in [6.45, 7) is 21.9. The Hall–Kier alpha value is -1.07. The second-order valence-electron chi connectivity index (χ2n) is 18.5. The van der Waals surface area contributed by atoms with Gasteiger partial charge in [0.05, 0.1) is 0 Å². The molecule has 8 unspecified atom stereocenters. The minimum atomic E-state index is -0.316. The number of allylic oxidation sites excluding steroid dienone is 1. The molecule has 260 valence electrons. The van der Waals surface area contributed by atoms with Crippen LogP contribution in [0.4, 0.5) is 4.79 Å². The van der Waals surface area contributed by atoms with Crippen molar-refractivity contribution >= 4 is 6.09 Å². The fourth-order valence-corrected chi connectivity index (χ4v) is 10.6. The first kappa shape index (κ1) is 36.8. The fraction of sp³-hybridized carbons (Fsp3) is 0.925. The van der Waals surface area contributed by atoms with Crippen molar-refractivity contribution in [2.75, 3.05) is 13.1 Å². The van der Waals surface area contributed by atoms with E-state index in [9.17, 15) is 4.79 Å². The molecule has 0 spiro atoms. The highest BCUT2D eigenvalue weighted by Crippen LogP contribution is 2.67. The lowest BCUT2D eigenvalue weighted by Crippen LogP contribution is -2.50. The minimum Gasteiger partial charge on any atom is -0.446 e. The van der Waals surface area contributed by atoms with Crippen molar-refractivity contribution in [3.63, 3.8) is 0 Å². The van der Waals surface area contributed by atoms with Crippen molar-refractivity contribution in [2.45, 2.75) is 176 Å². The molecule has 0 aliphatic heterocycles. The van der Waals surface area contributed by atoms with Crippen molar-refractivity contribution in [2.24, 2.45) is 57.8 Å². The van der Waals surface area contributed by atoms with Crippen LogP contribution in [0.25, 0.3) is 0 Å². The van der Waals surface area contributed by atoms with E-state index in [2.05, 4.69) is 40.7 Å². The molecule has 0 bridgehead atoms. The van der Waals surface area contributed by atoms with Crippen molar-refractivity contribution in [1.29, 1.82) is 0 Å². The Morgan fingerprint density at radius 1 is 0.978 bits per heavy atom. The summed E-state index contributed by atoms with van der Waals surface area (Å²) in [6.07, 6.45) is 20.5. The highest BCUT2D eigenvalue weighted by atomic mass is 16.6. The maximum Gasteiger partial charge on any atom is 0.410 e. The van der Waals surface area contributed by atoms with Crippen LogP contribution in [-0.2, 0) is 4.74 Å². The van der Waals surface area contributed by atoms with E-state index in [0.29, 0.717) is 18.5 Å². The molecule has 5 nitrogen and oxygen atoms in total. The van der Waals surface area contributed by atoms with Gasteiger partial charge in [0.25, 0.3) is 0 Å². The van der Waals surface area contributed by atoms with E-state index in [1.54, 1.807) is 5.57 Å². The molecule has 0 aromatic rings. The maximum absolute atomic E-state index is 13.5. The Kier molecular flexibility index (Phi) is 11.9. The quantitative estimate of drug-likeness (QED) is 0.188. The largest absolute Gasteiger partial charge is 0.446 e. The van der Waals surface area contributed by atoms with Crippen LogP contribution in [-0.4, -0.2) is 41.3 Å². The zero-order valence-corrected chi connectivity index (χ0v) is 31.1. The maximum atomic E-state index is 13.5. The minimum absolute atomic E-state index is 0.0183. The van der Waals surface area contributed by atoms with Crippen molar-refractivity contribution in [1.82, 2.24) is 4.90 Å². The van der Waals surface area contributed by atoms with Crippen LogP contribution < -0.4 is 11.5 Å². The molecule has 45 heavy (non-hydrogen) atoms. The summed E-state index contributed by atoms with van der Waals surface area (Å²) in [5, 5.41) is 0. The fourth-order valence-electron chi connectivity index (χ4n) is 10.6. The lowest BCUT2D eigenvalue weighted by molar-refractivity contribution is -0.0535. The average molecular weight is 628 g/mol. The summed E-state index contributed by atoms with van der Waals surface area (Å²) in [5.74, 6) is 5.15. The summed E-state index contributed by atoms with van der Waals surface area (Å²) in [4.78, 5) is 15.4.